The predicted octanol–water partition coefficient (Wildman–Crippen LogP) is 2.33. The first-order chi connectivity index (χ1) is 9.73. The lowest BCUT2D eigenvalue weighted by atomic mass is 10.0. The Morgan fingerprint density at radius 2 is 2.00 bits per heavy atom. The van der Waals surface area contributed by atoms with Gasteiger partial charge in [0.25, 0.3) is 0 Å². The third kappa shape index (κ3) is 5.83. The molecule has 1 amide bonds. The maximum Gasteiger partial charge on any atom is 0.408 e. The summed E-state index contributed by atoms with van der Waals surface area (Å²) in [5, 5.41) is 20.8. The number of amides is 1. The molecule has 0 aliphatic heterocycles. The first kappa shape index (κ1) is 17.0. The number of hydrogen-bond acceptors (Lipinski definition) is 4. The lowest BCUT2D eigenvalue weighted by Gasteiger charge is -2.23. The van der Waals surface area contributed by atoms with Gasteiger partial charge in [-0.1, -0.05) is 12.1 Å². The third-order valence-corrected chi connectivity index (χ3v) is 2.64. The highest BCUT2D eigenvalue weighted by atomic mass is 16.6. The quantitative estimate of drug-likeness (QED) is 0.774. The second-order valence-corrected chi connectivity index (χ2v) is 5.64. The van der Waals surface area contributed by atoms with E-state index in [-0.39, 0.29) is 18.6 Å². The highest BCUT2D eigenvalue weighted by Gasteiger charge is 2.20. The maximum atomic E-state index is 11.8. The van der Waals surface area contributed by atoms with Gasteiger partial charge in [-0.25, -0.2) is 9.59 Å². The minimum absolute atomic E-state index is 0.126. The van der Waals surface area contributed by atoms with Crippen LogP contribution in [0.15, 0.2) is 24.3 Å². The van der Waals surface area contributed by atoms with Gasteiger partial charge in [-0.05, 0) is 44.9 Å². The Kier molecular flexibility index (Phi) is 5.72. The van der Waals surface area contributed by atoms with Gasteiger partial charge in [0, 0.05) is 6.61 Å². The predicted molar refractivity (Wildman–Crippen MR) is 77.2 cm³/mol. The fraction of sp³-hybridized carbons (Fsp3) is 0.467. The molecule has 1 rings (SSSR count). The van der Waals surface area contributed by atoms with E-state index in [0.29, 0.717) is 5.56 Å². The summed E-state index contributed by atoms with van der Waals surface area (Å²) in [6, 6.07) is 5.73. The normalized spacial score (nSPS) is 12.6. The summed E-state index contributed by atoms with van der Waals surface area (Å²) in [5.74, 6) is -1.04. The van der Waals surface area contributed by atoms with Crippen LogP contribution in [0.3, 0.4) is 0 Å². The number of aromatic carboxylic acids is 1. The molecule has 0 aliphatic carbocycles. The van der Waals surface area contributed by atoms with Crippen molar-refractivity contribution >= 4 is 12.1 Å². The molecule has 6 nitrogen and oxygen atoms in total. The zero-order valence-electron chi connectivity index (χ0n) is 12.4. The van der Waals surface area contributed by atoms with Gasteiger partial charge >= 0.3 is 12.1 Å². The fourth-order valence-electron chi connectivity index (χ4n) is 1.79. The summed E-state index contributed by atoms with van der Waals surface area (Å²) in [7, 11) is 0. The van der Waals surface area contributed by atoms with Crippen LogP contribution < -0.4 is 5.32 Å². The van der Waals surface area contributed by atoms with Gasteiger partial charge in [0.2, 0.25) is 0 Å². The fourth-order valence-corrected chi connectivity index (χ4v) is 1.79. The number of carboxylic acids is 1. The summed E-state index contributed by atoms with van der Waals surface area (Å²) in [6.07, 6.45) is -0.343. The van der Waals surface area contributed by atoms with Crippen LogP contribution in [0, 0.1) is 0 Å². The molecule has 0 saturated heterocycles. The molecule has 0 radical (unpaired) electrons. The van der Waals surface area contributed by atoms with Crippen LogP contribution >= 0.6 is 0 Å². The summed E-state index contributed by atoms with van der Waals surface area (Å²) in [6.45, 7) is 5.10. The van der Waals surface area contributed by atoms with E-state index in [0.717, 1.165) is 0 Å². The molecule has 0 aromatic heterocycles. The van der Waals surface area contributed by atoms with E-state index in [1.54, 1.807) is 32.9 Å². The minimum atomic E-state index is -1.04. The van der Waals surface area contributed by atoms with Gasteiger partial charge < -0.3 is 20.3 Å². The van der Waals surface area contributed by atoms with Gasteiger partial charge in [0.05, 0.1) is 11.6 Å². The molecular weight excluding hydrogens is 274 g/mol. The van der Waals surface area contributed by atoms with Crippen molar-refractivity contribution in [3.8, 4) is 0 Å². The van der Waals surface area contributed by atoms with Crippen LogP contribution in [-0.2, 0) is 4.74 Å². The van der Waals surface area contributed by atoms with Crippen LogP contribution in [0.1, 0.15) is 49.2 Å². The topological polar surface area (TPSA) is 95.9 Å². The van der Waals surface area contributed by atoms with Crippen molar-refractivity contribution in [2.75, 3.05) is 6.61 Å². The number of nitrogens with one attached hydrogen (secondary N) is 1. The van der Waals surface area contributed by atoms with Gasteiger partial charge in [-0.15, -0.1) is 0 Å². The first-order valence-corrected chi connectivity index (χ1v) is 6.66. The van der Waals surface area contributed by atoms with E-state index in [1.807, 2.05) is 0 Å². The largest absolute Gasteiger partial charge is 0.478 e. The molecule has 1 aromatic rings. The van der Waals surface area contributed by atoms with Crippen LogP contribution in [0.4, 0.5) is 4.79 Å². The molecule has 0 bridgehead atoms. The molecule has 0 fully saturated rings. The van der Waals surface area contributed by atoms with Crippen molar-refractivity contribution in [1.82, 2.24) is 5.32 Å². The highest BCUT2D eigenvalue weighted by molar-refractivity contribution is 5.87. The molecule has 0 unspecified atom stereocenters. The Bertz CT molecular complexity index is 507. The van der Waals surface area contributed by atoms with Crippen molar-refractivity contribution < 1.29 is 24.5 Å². The Morgan fingerprint density at radius 1 is 1.33 bits per heavy atom. The van der Waals surface area contributed by atoms with Crippen LogP contribution in [-0.4, -0.2) is 34.5 Å². The second-order valence-electron chi connectivity index (χ2n) is 5.64. The third-order valence-electron chi connectivity index (χ3n) is 2.64. The molecule has 0 aliphatic rings. The lowest BCUT2D eigenvalue weighted by molar-refractivity contribution is 0.0496. The number of carboxylic acid groups (broad SMARTS) is 1. The van der Waals surface area contributed by atoms with Gasteiger partial charge in [-0.2, -0.15) is 0 Å². The van der Waals surface area contributed by atoms with Crippen LogP contribution in [0.25, 0.3) is 0 Å². The molecule has 0 heterocycles. The Morgan fingerprint density at radius 3 is 2.52 bits per heavy atom. The number of carbonyl (C=O) groups is 2. The Balaban J connectivity index is 2.88. The van der Waals surface area contributed by atoms with Crippen molar-refractivity contribution in [2.45, 2.75) is 38.8 Å². The molecule has 21 heavy (non-hydrogen) atoms. The average molecular weight is 295 g/mol. The Labute approximate surface area is 123 Å². The van der Waals surface area contributed by atoms with Crippen molar-refractivity contribution in [2.24, 2.45) is 0 Å². The number of benzene rings is 1. The molecule has 3 N–H and O–H groups in total. The number of carbonyl (C=O) groups excluding carboxylic acids is 1. The number of aliphatic hydroxyl groups excluding tert-OH is 1. The molecule has 116 valence electrons. The molecule has 1 atom stereocenters. The second kappa shape index (κ2) is 7.08. The van der Waals surface area contributed by atoms with E-state index in [1.165, 1.54) is 12.1 Å². The number of alkyl carbamates (subject to hydrolysis) is 1. The SMILES string of the molecule is CC(C)(C)OC(=O)N[C@H](CCO)c1cccc(C(=O)O)c1. The number of hydrogen-bond donors (Lipinski definition) is 3. The number of rotatable bonds is 5. The smallest absolute Gasteiger partial charge is 0.408 e. The van der Waals surface area contributed by atoms with Gasteiger partial charge in [0.1, 0.15) is 5.60 Å². The van der Waals surface area contributed by atoms with E-state index in [9.17, 15) is 9.59 Å². The van der Waals surface area contributed by atoms with E-state index in [2.05, 4.69) is 5.32 Å². The maximum absolute atomic E-state index is 11.8. The zero-order valence-corrected chi connectivity index (χ0v) is 12.4. The van der Waals surface area contributed by atoms with E-state index >= 15 is 0 Å². The Hall–Kier alpha value is -2.08. The molecule has 0 spiro atoms. The average Bonchev–Trinajstić information content (AvgIpc) is 2.36. The monoisotopic (exact) mass is 295 g/mol. The molecule has 6 heteroatoms. The first-order valence-electron chi connectivity index (χ1n) is 6.66. The molecule has 1 aromatic carbocycles. The summed E-state index contributed by atoms with van der Waals surface area (Å²) in [5.41, 5.74) is 0.104. The van der Waals surface area contributed by atoms with Crippen molar-refractivity contribution in [1.29, 1.82) is 0 Å². The minimum Gasteiger partial charge on any atom is -0.478 e. The zero-order chi connectivity index (χ0) is 16.0. The summed E-state index contributed by atoms with van der Waals surface area (Å²) >= 11 is 0. The van der Waals surface area contributed by atoms with Crippen LogP contribution in [0.2, 0.25) is 0 Å². The molecular formula is C15H21NO5. The number of aliphatic hydroxyl groups is 1. The van der Waals surface area contributed by atoms with E-state index < -0.39 is 23.7 Å². The number of ether oxygens (including phenoxy) is 1. The van der Waals surface area contributed by atoms with Crippen molar-refractivity contribution in [3.05, 3.63) is 35.4 Å². The molecule has 0 saturated carbocycles. The summed E-state index contributed by atoms with van der Waals surface area (Å²) in [4.78, 5) is 22.8. The van der Waals surface area contributed by atoms with Gasteiger partial charge in [-0.3, -0.25) is 0 Å². The highest BCUT2D eigenvalue weighted by Crippen LogP contribution is 2.19. The summed E-state index contributed by atoms with van der Waals surface area (Å²) < 4.78 is 5.17. The van der Waals surface area contributed by atoms with Gasteiger partial charge in [0.15, 0.2) is 0 Å². The van der Waals surface area contributed by atoms with Crippen LogP contribution in [0.5, 0.6) is 0 Å². The van der Waals surface area contributed by atoms with Crippen molar-refractivity contribution in [3.63, 3.8) is 0 Å². The van der Waals surface area contributed by atoms with E-state index in [4.69, 9.17) is 14.9 Å². The lowest BCUT2D eigenvalue weighted by Crippen LogP contribution is -2.35. The standard InChI is InChI=1S/C15H21NO5/c1-15(2,3)21-14(20)16-12(7-8-17)10-5-4-6-11(9-10)13(18)19/h4-6,9,12,17H,7-8H2,1-3H3,(H,16,20)(H,18,19)/t12-/m1/s1.